The standard InChI is InChI=1S/C13H21N3/c1-8(2)14-7-12-9(3)15-13(11-5-6-11)16-10(12)4/h8,11,14H,5-7H2,1-4H3. The van der Waals surface area contributed by atoms with Crippen LogP contribution in [-0.2, 0) is 6.54 Å². The Morgan fingerprint density at radius 3 is 2.19 bits per heavy atom. The molecule has 0 spiro atoms. The van der Waals surface area contributed by atoms with Crippen LogP contribution in [0.15, 0.2) is 0 Å². The Kier molecular flexibility index (Phi) is 3.24. The molecule has 0 unspecified atom stereocenters. The molecule has 2 rings (SSSR count). The Hall–Kier alpha value is -0.960. The van der Waals surface area contributed by atoms with Gasteiger partial charge in [-0.1, -0.05) is 13.8 Å². The van der Waals surface area contributed by atoms with Crippen molar-refractivity contribution in [2.24, 2.45) is 0 Å². The van der Waals surface area contributed by atoms with Gasteiger partial charge in [0, 0.05) is 35.5 Å². The van der Waals surface area contributed by atoms with E-state index in [1.54, 1.807) is 0 Å². The topological polar surface area (TPSA) is 37.8 Å². The van der Waals surface area contributed by atoms with Crippen molar-refractivity contribution in [2.75, 3.05) is 0 Å². The van der Waals surface area contributed by atoms with E-state index in [-0.39, 0.29) is 0 Å². The minimum absolute atomic E-state index is 0.502. The summed E-state index contributed by atoms with van der Waals surface area (Å²) in [4.78, 5) is 9.25. The monoisotopic (exact) mass is 219 g/mol. The summed E-state index contributed by atoms with van der Waals surface area (Å²) in [5.41, 5.74) is 3.54. The minimum Gasteiger partial charge on any atom is -0.310 e. The van der Waals surface area contributed by atoms with Gasteiger partial charge in [-0.2, -0.15) is 0 Å². The molecule has 1 aromatic heterocycles. The van der Waals surface area contributed by atoms with Crippen LogP contribution in [0.1, 0.15) is 55.4 Å². The molecule has 3 nitrogen and oxygen atoms in total. The highest BCUT2D eigenvalue weighted by atomic mass is 14.9. The predicted molar refractivity (Wildman–Crippen MR) is 65.5 cm³/mol. The van der Waals surface area contributed by atoms with Crippen molar-refractivity contribution < 1.29 is 0 Å². The Labute approximate surface area is 97.7 Å². The van der Waals surface area contributed by atoms with Crippen molar-refractivity contribution in [3.63, 3.8) is 0 Å². The summed E-state index contributed by atoms with van der Waals surface area (Å²) in [6.07, 6.45) is 2.53. The molecule has 0 bridgehead atoms. The maximum absolute atomic E-state index is 4.62. The van der Waals surface area contributed by atoms with Crippen LogP contribution >= 0.6 is 0 Å². The van der Waals surface area contributed by atoms with Gasteiger partial charge in [0.25, 0.3) is 0 Å². The number of nitrogens with one attached hydrogen (secondary N) is 1. The summed E-state index contributed by atoms with van der Waals surface area (Å²) in [5, 5.41) is 3.43. The quantitative estimate of drug-likeness (QED) is 0.845. The summed E-state index contributed by atoms with van der Waals surface area (Å²) in [7, 11) is 0. The fourth-order valence-corrected chi connectivity index (χ4v) is 1.85. The Bertz CT molecular complexity index is 358. The Morgan fingerprint density at radius 2 is 1.75 bits per heavy atom. The average molecular weight is 219 g/mol. The van der Waals surface area contributed by atoms with Crippen LogP contribution in [0.25, 0.3) is 0 Å². The van der Waals surface area contributed by atoms with E-state index in [2.05, 4.69) is 43.0 Å². The van der Waals surface area contributed by atoms with Crippen molar-refractivity contribution in [1.29, 1.82) is 0 Å². The van der Waals surface area contributed by atoms with Gasteiger partial charge in [-0.25, -0.2) is 9.97 Å². The molecule has 3 heteroatoms. The van der Waals surface area contributed by atoms with Crippen molar-refractivity contribution in [3.05, 3.63) is 22.8 Å². The molecule has 88 valence electrons. The van der Waals surface area contributed by atoms with E-state index in [1.807, 2.05) is 0 Å². The summed E-state index contributed by atoms with van der Waals surface area (Å²) in [6.45, 7) is 9.38. The zero-order valence-electron chi connectivity index (χ0n) is 10.7. The van der Waals surface area contributed by atoms with E-state index >= 15 is 0 Å². The van der Waals surface area contributed by atoms with Gasteiger partial charge >= 0.3 is 0 Å². The van der Waals surface area contributed by atoms with Gasteiger partial charge in [0.2, 0.25) is 0 Å². The first-order valence-electron chi connectivity index (χ1n) is 6.15. The molecule has 0 aromatic carbocycles. The van der Waals surface area contributed by atoms with Gasteiger partial charge in [0.05, 0.1) is 0 Å². The smallest absolute Gasteiger partial charge is 0.131 e. The molecule has 0 atom stereocenters. The van der Waals surface area contributed by atoms with E-state index in [0.29, 0.717) is 12.0 Å². The molecule has 0 aliphatic heterocycles. The lowest BCUT2D eigenvalue weighted by Crippen LogP contribution is -2.23. The summed E-state index contributed by atoms with van der Waals surface area (Å²) in [6, 6.07) is 0.502. The second-order valence-electron chi connectivity index (χ2n) is 5.04. The lowest BCUT2D eigenvalue weighted by Gasteiger charge is -2.13. The second-order valence-corrected chi connectivity index (χ2v) is 5.04. The minimum atomic E-state index is 0.502. The average Bonchev–Trinajstić information content (AvgIpc) is 2.98. The van der Waals surface area contributed by atoms with Gasteiger partial charge in [0.1, 0.15) is 5.82 Å². The summed E-state index contributed by atoms with van der Waals surface area (Å²) in [5.74, 6) is 1.70. The maximum atomic E-state index is 4.62. The van der Waals surface area contributed by atoms with Crippen molar-refractivity contribution >= 4 is 0 Å². The first-order valence-corrected chi connectivity index (χ1v) is 6.15. The Morgan fingerprint density at radius 1 is 1.19 bits per heavy atom. The third-order valence-electron chi connectivity index (χ3n) is 3.07. The number of rotatable bonds is 4. The molecule has 1 fully saturated rings. The number of hydrogen-bond donors (Lipinski definition) is 1. The van der Waals surface area contributed by atoms with Gasteiger partial charge in [-0.05, 0) is 26.7 Å². The first kappa shape index (κ1) is 11.5. The number of hydrogen-bond acceptors (Lipinski definition) is 3. The zero-order valence-corrected chi connectivity index (χ0v) is 10.7. The molecule has 1 heterocycles. The van der Waals surface area contributed by atoms with Gasteiger partial charge in [0.15, 0.2) is 0 Å². The highest BCUT2D eigenvalue weighted by Gasteiger charge is 2.27. The van der Waals surface area contributed by atoms with E-state index in [0.717, 1.165) is 23.8 Å². The van der Waals surface area contributed by atoms with Crippen LogP contribution in [-0.4, -0.2) is 16.0 Å². The molecule has 16 heavy (non-hydrogen) atoms. The fraction of sp³-hybridized carbons (Fsp3) is 0.692. The normalized spacial score (nSPS) is 15.8. The molecule has 1 aromatic rings. The molecule has 1 aliphatic carbocycles. The van der Waals surface area contributed by atoms with Crippen LogP contribution in [0.2, 0.25) is 0 Å². The van der Waals surface area contributed by atoms with Gasteiger partial charge in [-0.3, -0.25) is 0 Å². The summed E-state index contributed by atoms with van der Waals surface area (Å²) < 4.78 is 0. The molecule has 0 radical (unpaired) electrons. The maximum Gasteiger partial charge on any atom is 0.131 e. The highest BCUT2D eigenvalue weighted by Crippen LogP contribution is 2.38. The van der Waals surface area contributed by atoms with Gasteiger partial charge in [-0.15, -0.1) is 0 Å². The number of aryl methyl sites for hydroxylation is 2. The molecule has 0 amide bonds. The number of aromatic nitrogens is 2. The lowest BCUT2D eigenvalue weighted by molar-refractivity contribution is 0.581. The van der Waals surface area contributed by atoms with Crippen molar-refractivity contribution in [3.8, 4) is 0 Å². The molecular formula is C13H21N3. The summed E-state index contributed by atoms with van der Waals surface area (Å²) >= 11 is 0. The van der Waals surface area contributed by atoms with Crippen LogP contribution in [0, 0.1) is 13.8 Å². The van der Waals surface area contributed by atoms with E-state index in [4.69, 9.17) is 0 Å². The van der Waals surface area contributed by atoms with Crippen molar-refractivity contribution in [1.82, 2.24) is 15.3 Å². The molecular weight excluding hydrogens is 198 g/mol. The molecule has 1 N–H and O–H groups in total. The zero-order chi connectivity index (χ0) is 11.7. The molecule has 1 aliphatic rings. The number of nitrogens with zero attached hydrogens (tertiary/aromatic N) is 2. The Balaban J connectivity index is 2.17. The van der Waals surface area contributed by atoms with Crippen LogP contribution in [0.5, 0.6) is 0 Å². The predicted octanol–water partition coefficient (Wildman–Crippen LogP) is 2.47. The second kappa shape index (κ2) is 4.50. The third-order valence-corrected chi connectivity index (χ3v) is 3.07. The lowest BCUT2D eigenvalue weighted by atomic mass is 10.1. The van der Waals surface area contributed by atoms with Crippen LogP contribution in [0.3, 0.4) is 0 Å². The van der Waals surface area contributed by atoms with Crippen molar-refractivity contribution in [2.45, 2.75) is 59.0 Å². The van der Waals surface area contributed by atoms with Crippen LogP contribution in [0.4, 0.5) is 0 Å². The van der Waals surface area contributed by atoms with E-state index in [1.165, 1.54) is 18.4 Å². The molecule has 1 saturated carbocycles. The van der Waals surface area contributed by atoms with E-state index in [9.17, 15) is 0 Å². The largest absolute Gasteiger partial charge is 0.310 e. The first-order chi connectivity index (χ1) is 7.58. The molecule has 0 saturated heterocycles. The highest BCUT2D eigenvalue weighted by molar-refractivity contribution is 5.26. The third kappa shape index (κ3) is 2.59. The van der Waals surface area contributed by atoms with Gasteiger partial charge < -0.3 is 5.32 Å². The van der Waals surface area contributed by atoms with E-state index < -0.39 is 0 Å². The van der Waals surface area contributed by atoms with Crippen LogP contribution < -0.4 is 5.32 Å². The SMILES string of the molecule is Cc1nc(C2CC2)nc(C)c1CNC(C)C. The fourth-order valence-electron chi connectivity index (χ4n) is 1.85.